The zero-order chi connectivity index (χ0) is 19.4. The predicted octanol–water partition coefficient (Wildman–Crippen LogP) is 4.90. The first-order valence-corrected chi connectivity index (χ1v) is 10.9. The van der Waals surface area contributed by atoms with Gasteiger partial charge in [0, 0.05) is 5.30 Å². The first-order chi connectivity index (χ1) is 12.9. The van der Waals surface area contributed by atoms with E-state index in [0.717, 1.165) is 16.3 Å². The first-order valence-electron chi connectivity index (χ1n) is 9.04. The number of carboxylic acids is 1. The zero-order valence-electron chi connectivity index (χ0n) is 15.2. The molecule has 2 N–H and O–H groups in total. The molecule has 0 spiro atoms. The molecule has 0 aliphatic heterocycles. The lowest BCUT2D eigenvalue weighted by molar-refractivity contribution is -0.138. The standard InChI is InChI=1S/C22H23O4P/c1-2-8-19(22(23)24)20-13-17-11-6-7-12-18(17)14-21(20)27(25,26)15-16-9-4-3-5-10-16/h3-7,9-14,19H,2,8,15H2,1H3,(H,23,24)(H,25,26). The van der Waals surface area contributed by atoms with E-state index in [1.54, 1.807) is 12.1 Å². The maximum absolute atomic E-state index is 13.3. The van der Waals surface area contributed by atoms with Crippen LogP contribution in [0.4, 0.5) is 0 Å². The van der Waals surface area contributed by atoms with E-state index in [0.29, 0.717) is 18.4 Å². The quantitative estimate of drug-likeness (QED) is 0.570. The van der Waals surface area contributed by atoms with Crippen LogP contribution in [0, 0.1) is 0 Å². The summed E-state index contributed by atoms with van der Waals surface area (Å²) in [7, 11) is -3.79. The number of hydrogen-bond donors (Lipinski definition) is 2. The molecule has 0 saturated carbocycles. The molecule has 0 amide bonds. The first kappa shape index (κ1) is 19.3. The number of carboxylic acid groups (broad SMARTS) is 1. The Kier molecular flexibility index (Phi) is 5.79. The second-order valence-corrected chi connectivity index (χ2v) is 8.98. The minimum Gasteiger partial charge on any atom is -0.481 e. The molecule has 3 aromatic carbocycles. The maximum Gasteiger partial charge on any atom is 0.310 e. The molecule has 0 aromatic heterocycles. The summed E-state index contributed by atoms with van der Waals surface area (Å²) in [4.78, 5) is 22.8. The number of benzene rings is 3. The van der Waals surface area contributed by atoms with Gasteiger partial charge in [-0.1, -0.05) is 67.9 Å². The fourth-order valence-corrected chi connectivity index (χ4v) is 5.29. The number of hydrogen-bond acceptors (Lipinski definition) is 2. The Morgan fingerprint density at radius 2 is 1.59 bits per heavy atom. The highest BCUT2D eigenvalue weighted by molar-refractivity contribution is 7.65. The molecular formula is C22H23O4P. The Balaban J connectivity index is 2.18. The lowest BCUT2D eigenvalue weighted by atomic mass is 9.92. The lowest BCUT2D eigenvalue weighted by Gasteiger charge is -2.21. The fourth-order valence-electron chi connectivity index (χ4n) is 3.44. The van der Waals surface area contributed by atoms with E-state index in [1.165, 1.54) is 0 Å². The summed E-state index contributed by atoms with van der Waals surface area (Å²) in [6, 6.07) is 20.1. The Morgan fingerprint density at radius 3 is 2.19 bits per heavy atom. The van der Waals surface area contributed by atoms with Crippen LogP contribution in [-0.4, -0.2) is 16.0 Å². The van der Waals surface area contributed by atoms with Crippen molar-refractivity contribution in [2.24, 2.45) is 0 Å². The smallest absolute Gasteiger partial charge is 0.310 e. The van der Waals surface area contributed by atoms with Crippen LogP contribution in [0.1, 0.15) is 36.8 Å². The van der Waals surface area contributed by atoms with Gasteiger partial charge in [-0.3, -0.25) is 9.36 Å². The fraction of sp³-hybridized carbons (Fsp3) is 0.227. The van der Waals surface area contributed by atoms with E-state index in [-0.39, 0.29) is 11.5 Å². The van der Waals surface area contributed by atoms with Gasteiger partial charge in [-0.05, 0) is 40.5 Å². The summed E-state index contributed by atoms with van der Waals surface area (Å²) in [6.45, 7) is 1.92. The summed E-state index contributed by atoms with van der Waals surface area (Å²) in [5.74, 6) is -1.76. The van der Waals surface area contributed by atoms with Gasteiger partial charge >= 0.3 is 5.97 Å². The maximum atomic E-state index is 13.3. The van der Waals surface area contributed by atoms with Gasteiger partial charge in [0.25, 0.3) is 0 Å². The third-order valence-corrected chi connectivity index (χ3v) is 6.70. The molecule has 0 bridgehead atoms. The Labute approximate surface area is 158 Å². The van der Waals surface area contributed by atoms with Gasteiger partial charge in [-0.15, -0.1) is 0 Å². The molecule has 4 nitrogen and oxygen atoms in total. The minimum absolute atomic E-state index is 0.0162. The van der Waals surface area contributed by atoms with Crippen molar-refractivity contribution in [3.63, 3.8) is 0 Å². The van der Waals surface area contributed by atoms with Crippen LogP contribution in [0.15, 0.2) is 66.7 Å². The highest BCUT2D eigenvalue weighted by Gasteiger charge is 2.31. The third kappa shape index (κ3) is 4.29. The summed E-state index contributed by atoms with van der Waals surface area (Å²) < 4.78 is 13.3. The van der Waals surface area contributed by atoms with E-state index >= 15 is 0 Å². The molecule has 0 fully saturated rings. The molecule has 0 aliphatic carbocycles. The van der Waals surface area contributed by atoms with Crippen molar-refractivity contribution in [2.75, 3.05) is 0 Å². The van der Waals surface area contributed by atoms with E-state index in [2.05, 4.69) is 0 Å². The highest BCUT2D eigenvalue weighted by Crippen LogP contribution is 2.46. The molecule has 2 atom stereocenters. The molecule has 0 saturated heterocycles. The summed E-state index contributed by atoms with van der Waals surface area (Å²) in [5.41, 5.74) is 1.20. The summed E-state index contributed by atoms with van der Waals surface area (Å²) in [6.07, 6.45) is 1.08. The summed E-state index contributed by atoms with van der Waals surface area (Å²) in [5, 5.41) is 11.7. The largest absolute Gasteiger partial charge is 0.481 e. The van der Waals surface area contributed by atoms with Crippen LogP contribution < -0.4 is 5.30 Å². The molecular weight excluding hydrogens is 359 g/mol. The van der Waals surface area contributed by atoms with E-state index in [9.17, 15) is 19.4 Å². The van der Waals surface area contributed by atoms with Crippen molar-refractivity contribution >= 4 is 29.4 Å². The van der Waals surface area contributed by atoms with Gasteiger partial charge in [0.05, 0.1) is 12.1 Å². The van der Waals surface area contributed by atoms with Crippen molar-refractivity contribution in [3.8, 4) is 0 Å². The van der Waals surface area contributed by atoms with Crippen molar-refractivity contribution in [1.82, 2.24) is 0 Å². The molecule has 3 aromatic rings. The number of fused-ring (bicyclic) bond motifs is 1. The van der Waals surface area contributed by atoms with Gasteiger partial charge in [-0.25, -0.2) is 0 Å². The summed E-state index contributed by atoms with van der Waals surface area (Å²) >= 11 is 0. The minimum atomic E-state index is -3.79. The number of carbonyl (C=O) groups is 1. The van der Waals surface area contributed by atoms with Crippen molar-refractivity contribution in [3.05, 3.63) is 77.9 Å². The van der Waals surface area contributed by atoms with Crippen molar-refractivity contribution < 1.29 is 19.4 Å². The highest BCUT2D eigenvalue weighted by atomic mass is 31.2. The molecule has 0 radical (unpaired) electrons. The SMILES string of the molecule is CCCC(C(=O)O)c1cc2ccccc2cc1P(=O)(O)Cc1ccccc1. The van der Waals surface area contributed by atoms with Crippen LogP contribution >= 0.6 is 7.37 Å². The van der Waals surface area contributed by atoms with Crippen LogP contribution in [0.3, 0.4) is 0 Å². The average molecular weight is 382 g/mol. The van der Waals surface area contributed by atoms with Crippen LogP contribution in [0.25, 0.3) is 10.8 Å². The molecule has 2 unspecified atom stereocenters. The van der Waals surface area contributed by atoms with E-state index < -0.39 is 19.3 Å². The van der Waals surface area contributed by atoms with Gasteiger partial charge in [0.1, 0.15) is 0 Å². The normalized spacial score (nSPS) is 14.6. The van der Waals surface area contributed by atoms with E-state index in [4.69, 9.17) is 0 Å². The molecule has 3 rings (SSSR count). The second kappa shape index (κ2) is 8.08. The Morgan fingerprint density at radius 1 is 1.00 bits per heavy atom. The van der Waals surface area contributed by atoms with Crippen LogP contribution in [-0.2, 0) is 15.5 Å². The third-order valence-electron chi connectivity index (χ3n) is 4.76. The number of rotatable bonds is 7. The molecule has 27 heavy (non-hydrogen) atoms. The predicted molar refractivity (Wildman–Crippen MR) is 109 cm³/mol. The monoisotopic (exact) mass is 382 g/mol. The zero-order valence-corrected chi connectivity index (χ0v) is 16.1. The Bertz CT molecular complexity index is 998. The van der Waals surface area contributed by atoms with Crippen LogP contribution in [0.5, 0.6) is 0 Å². The molecule has 0 aliphatic rings. The molecule has 140 valence electrons. The van der Waals surface area contributed by atoms with Gasteiger partial charge in [-0.2, -0.15) is 0 Å². The molecule has 5 heteroatoms. The van der Waals surface area contributed by atoms with Crippen molar-refractivity contribution in [1.29, 1.82) is 0 Å². The van der Waals surface area contributed by atoms with Gasteiger partial charge in [0.15, 0.2) is 0 Å². The van der Waals surface area contributed by atoms with Crippen molar-refractivity contribution in [2.45, 2.75) is 31.8 Å². The topological polar surface area (TPSA) is 74.6 Å². The van der Waals surface area contributed by atoms with Gasteiger partial charge < -0.3 is 10.00 Å². The average Bonchev–Trinajstić information content (AvgIpc) is 2.65. The second-order valence-electron chi connectivity index (χ2n) is 6.78. The van der Waals surface area contributed by atoms with Gasteiger partial charge in [0.2, 0.25) is 7.37 Å². The number of aliphatic carboxylic acids is 1. The lowest BCUT2D eigenvalue weighted by Crippen LogP contribution is -2.21. The molecule has 0 heterocycles. The van der Waals surface area contributed by atoms with Crippen LogP contribution in [0.2, 0.25) is 0 Å². The van der Waals surface area contributed by atoms with E-state index in [1.807, 2.05) is 61.5 Å². The Hall–Kier alpha value is -2.42.